The summed E-state index contributed by atoms with van der Waals surface area (Å²) >= 11 is 6.01. The fraction of sp³-hybridized carbons (Fsp3) is 0.258. The van der Waals surface area contributed by atoms with Crippen LogP contribution >= 0.6 is 36.4 Å². The summed E-state index contributed by atoms with van der Waals surface area (Å²) in [6.45, 7) is 1.87. The van der Waals surface area contributed by atoms with Crippen LogP contribution in [0.2, 0.25) is 5.02 Å². The van der Waals surface area contributed by atoms with E-state index in [4.69, 9.17) is 21.1 Å². The monoisotopic (exact) mass is 649 g/mol. The maximum Gasteiger partial charge on any atom is 0.325 e. The number of aliphatic hydroxyl groups excluding tert-OH is 2. The SMILES string of the molecule is CCOC(=O)CNC(=O)c1cccc2c(Oc3ccc(C[C@@H](CO)NC[C@H](O)c4cccc(Cl)c4)cc3)ccnc12.Cl.Cl. The Morgan fingerprint density at radius 3 is 2.47 bits per heavy atom. The molecule has 9 nitrogen and oxygen atoms in total. The van der Waals surface area contributed by atoms with Crippen molar-refractivity contribution >= 4 is 59.2 Å². The van der Waals surface area contributed by atoms with E-state index in [-0.39, 0.29) is 57.2 Å². The van der Waals surface area contributed by atoms with Crippen LogP contribution in [-0.2, 0) is 16.0 Å². The van der Waals surface area contributed by atoms with E-state index < -0.39 is 18.0 Å². The first-order valence-corrected chi connectivity index (χ1v) is 13.6. The molecule has 0 radical (unpaired) electrons. The second kappa shape index (κ2) is 17.6. The number of rotatable bonds is 13. The number of ether oxygens (including phenoxy) is 2. The molecule has 3 aromatic carbocycles. The largest absolute Gasteiger partial charge is 0.465 e. The molecular formula is C31H34Cl3N3O6. The number of carbonyl (C=O) groups excluding carboxylic acids is 2. The Morgan fingerprint density at radius 1 is 1.02 bits per heavy atom. The van der Waals surface area contributed by atoms with Crippen LogP contribution in [0.4, 0.5) is 0 Å². The molecule has 0 bridgehead atoms. The number of fused-ring (bicyclic) bond motifs is 1. The lowest BCUT2D eigenvalue weighted by atomic mass is 10.0. The number of esters is 1. The second-order valence-corrected chi connectivity index (χ2v) is 9.74. The van der Waals surface area contributed by atoms with Gasteiger partial charge in [0.05, 0.1) is 30.4 Å². The number of carbonyl (C=O) groups is 2. The van der Waals surface area contributed by atoms with E-state index in [2.05, 4.69) is 15.6 Å². The van der Waals surface area contributed by atoms with Crippen LogP contribution in [0.3, 0.4) is 0 Å². The first-order valence-electron chi connectivity index (χ1n) is 13.2. The maximum atomic E-state index is 12.7. The molecule has 43 heavy (non-hydrogen) atoms. The third-order valence-corrected chi connectivity index (χ3v) is 6.60. The average molecular weight is 651 g/mol. The summed E-state index contributed by atoms with van der Waals surface area (Å²) in [5.74, 6) is 0.151. The molecule has 4 N–H and O–H groups in total. The highest BCUT2D eigenvalue weighted by Gasteiger charge is 2.16. The van der Waals surface area contributed by atoms with Crippen molar-refractivity contribution in [3.8, 4) is 11.5 Å². The van der Waals surface area contributed by atoms with Gasteiger partial charge in [-0.05, 0) is 66.9 Å². The number of para-hydroxylation sites is 1. The summed E-state index contributed by atoms with van der Waals surface area (Å²) in [6, 6.07) is 21.1. The summed E-state index contributed by atoms with van der Waals surface area (Å²) in [5.41, 5.74) is 2.44. The third kappa shape index (κ3) is 10.1. The van der Waals surface area contributed by atoms with E-state index in [0.717, 1.165) is 5.56 Å². The maximum absolute atomic E-state index is 12.7. The van der Waals surface area contributed by atoms with Gasteiger partial charge in [-0.1, -0.05) is 41.9 Å². The quantitative estimate of drug-likeness (QED) is 0.148. The van der Waals surface area contributed by atoms with Crippen molar-refractivity contribution in [2.24, 2.45) is 0 Å². The second-order valence-electron chi connectivity index (χ2n) is 9.31. The highest BCUT2D eigenvalue weighted by atomic mass is 35.5. The lowest BCUT2D eigenvalue weighted by molar-refractivity contribution is -0.141. The minimum absolute atomic E-state index is 0. The van der Waals surface area contributed by atoms with E-state index >= 15 is 0 Å². The first kappa shape index (κ1) is 35.8. The highest BCUT2D eigenvalue weighted by molar-refractivity contribution is 6.30. The lowest BCUT2D eigenvalue weighted by Gasteiger charge is -2.19. The zero-order chi connectivity index (χ0) is 29.2. The highest BCUT2D eigenvalue weighted by Crippen LogP contribution is 2.30. The Labute approximate surface area is 267 Å². The van der Waals surface area contributed by atoms with Crippen molar-refractivity contribution in [2.45, 2.75) is 25.5 Å². The normalized spacial score (nSPS) is 11.9. The molecule has 0 aliphatic carbocycles. The van der Waals surface area contributed by atoms with Gasteiger partial charge in [0.25, 0.3) is 5.91 Å². The number of nitrogens with one attached hydrogen (secondary N) is 2. The van der Waals surface area contributed by atoms with Gasteiger partial charge < -0.3 is 30.3 Å². The fourth-order valence-electron chi connectivity index (χ4n) is 4.30. The van der Waals surface area contributed by atoms with E-state index in [9.17, 15) is 19.8 Å². The summed E-state index contributed by atoms with van der Waals surface area (Å²) in [5, 5.41) is 27.3. The van der Waals surface area contributed by atoms with E-state index in [1.165, 1.54) is 0 Å². The van der Waals surface area contributed by atoms with E-state index in [1.54, 1.807) is 55.6 Å². The molecule has 0 saturated heterocycles. The van der Waals surface area contributed by atoms with Crippen molar-refractivity contribution in [3.63, 3.8) is 0 Å². The number of pyridine rings is 1. The van der Waals surface area contributed by atoms with Gasteiger partial charge in [0.1, 0.15) is 18.0 Å². The molecule has 0 unspecified atom stereocenters. The van der Waals surface area contributed by atoms with Crippen LogP contribution in [0.1, 0.15) is 34.5 Å². The van der Waals surface area contributed by atoms with E-state index in [1.807, 2.05) is 30.3 Å². The predicted molar refractivity (Wildman–Crippen MR) is 171 cm³/mol. The number of halogens is 3. The molecule has 0 spiro atoms. The molecule has 0 fully saturated rings. The molecule has 0 aliphatic rings. The number of aliphatic hydroxyl groups is 2. The van der Waals surface area contributed by atoms with Crippen LogP contribution in [0.15, 0.2) is 79.0 Å². The van der Waals surface area contributed by atoms with Gasteiger partial charge in [-0.3, -0.25) is 14.6 Å². The topological polar surface area (TPSA) is 130 Å². The molecule has 230 valence electrons. The zero-order valence-electron chi connectivity index (χ0n) is 23.4. The van der Waals surface area contributed by atoms with Crippen LogP contribution < -0.4 is 15.4 Å². The minimum atomic E-state index is -0.752. The molecule has 1 aromatic heterocycles. The number of aromatic nitrogens is 1. The molecule has 4 aromatic rings. The average Bonchev–Trinajstić information content (AvgIpc) is 2.98. The number of amides is 1. The summed E-state index contributed by atoms with van der Waals surface area (Å²) in [7, 11) is 0. The van der Waals surface area contributed by atoms with Crippen molar-refractivity contribution < 1.29 is 29.3 Å². The number of nitrogens with zero attached hydrogens (tertiary/aromatic N) is 1. The minimum Gasteiger partial charge on any atom is -0.465 e. The summed E-state index contributed by atoms with van der Waals surface area (Å²) in [4.78, 5) is 28.7. The lowest BCUT2D eigenvalue weighted by Crippen LogP contribution is -2.37. The fourth-order valence-corrected chi connectivity index (χ4v) is 4.50. The van der Waals surface area contributed by atoms with Crippen LogP contribution in [-0.4, -0.2) is 59.4 Å². The molecule has 2 atom stereocenters. The Balaban J connectivity index is 0.00000323. The van der Waals surface area contributed by atoms with Crippen LogP contribution in [0.5, 0.6) is 11.5 Å². The Hall–Kier alpha value is -3.44. The molecule has 1 heterocycles. The van der Waals surface area contributed by atoms with Gasteiger partial charge in [-0.15, -0.1) is 24.8 Å². The predicted octanol–water partition coefficient (Wildman–Crippen LogP) is 5.04. The Bertz CT molecular complexity index is 1490. The van der Waals surface area contributed by atoms with Crippen LogP contribution in [0.25, 0.3) is 10.9 Å². The standard InChI is InChI=1S/C31H32ClN3O6.2ClH/c1-2-40-29(38)18-35-31(39)26-8-4-7-25-28(13-14-33-30(25)26)41-24-11-9-20(10-12-24)15-23(19-36)34-17-27(37)21-5-3-6-22(32)16-21;;/h3-14,16,23,27,34,36-37H,2,15,17-19H2,1H3,(H,35,39);2*1H/t23-,27-;;/m0../s1. The smallest absolute Gasteiger partial charge is 0.325 e. The molecular weight excluding hydrogens is 617 g/mol. The Morgan fingerprint density at radius 2 is 1.77 bits per heavy atom. The van der Waals surface area contributed by atoms with Crippen molar-refractivity contribution in [1.82, 2.24) is 15.6 Å². The van der Waals surface area contributed by atoms with Gasteiger partial charge in [0.2, 0.25) is 0 Å². The summed E-state index contributed by atoms with van der Waals surface area (Å²) in [6.07, 6.45) is 1.35. The van der Waals surface area contributed by atoms with E-state index in [0.29, 0.717) is 45.0 Å². The number of hydrogen-bond donors (Lipinski definition) is 4. The molecule has 0 saturated carbocycles. The van der Waals surface area contributed by atoms with Crippen molar-refractivity contribution in [2.75, 3.05) is 26.3 Å². The number of benzene rings is 3. The molecule has 1 amide bonds. The van der Waals surface area contributed by atoms with Crippen LogP contribution in [0, 0.1) is 0 Å². The third-order valence-electron chi connectivity index (χ3n) is 6.36. The Kier molecular flexibility index (Phi) is 14.7. The van der Waals surface area contributed by atoms with Crippen molar-refractivity contribution in [3.05, 3.63) is 101 Å². The van der Waals surface area contributed by atoms with Gasteiger partial charge in [0.15, 0.2) is 0 Å². The molecule has 4 rings (SSSR count). The molecule has 0 aliphatic heterocycles. The number of hydrogen-bond acceptors (Lipinski definition) is 8. The summed E-state index contributed by atoms with van der Waals surface area (Å²) < 4.78 is 11.0. The van der Waals surface area contributed by atoms with Gasteiger partial charge in [-0.25, -0.2) is 0 Å². The van der Waals surface area contributed by atoms with Gasteiger partial charge in [-0.2, -0.15) is 0 Å². The zero-order valence-corrected chi connectivity index (χ0v) is 25.8. The van der Waals surface area contributed by atoms with Gasteiger partial charge >= 0.3 is 5.97 Å². The van der Waals surface area contributed by atoms with Gasteiger partial charge in [0, 0.05) is 29.2 Å². The van der Waals surface area contributed by atoms with Crippen molar-refractivity contribution in [1.29, 1.82) is 0 Å². The molecule has 12 heteroatoms. The first-order chi connectivity index (χ1) is 19.9.